The molecule has 4 nitrogen and oxygen atoms in total. The van der Waals surface area contributed by atoms with E-state index in [2.05, 4.69) is 29.8 Å². The van der Waals surface area contributed by atoms with Crippen LogP contribution in [0.3, 0.4) is 0 Å². The smallest absolute Gasteiger partial charge is 0.410 e. The standard InChI is InChI=1S/C23H34BrNO3/c1-21-9-10-23(14-25(12-11-24)20(27)28-23)13-15(21)3-4-16-17-5-6-19(26)22(17,2)8-7-18(16)21/h15-18H,3-14H2,1-2H3/t15-,16-,17-,18-,21-,22-,23+/m0/s1. The number of halogens is 1. The second kappa shape index (κ2) is 6.46. The fraction of sp³-hybridized carbons (Fsp3) is 0.913. The van der Waals surface area contributed by atoms with Gasteiger partial charge in [-0.05, 0) is 80.5 Å². The van der Waals surface area contributed by atoms with E-state index in [1.165, 1.54) is 25.7 Å². The molecule has 0 N–H and O–H groups in total. The van der Waals surface area contributed by atoms with Crippen molar-refractivity contribution in [1.29, 1.82) is 0 Å². The number of nitrogens with zero attached hydrogens (tertiary/aromatic N) is 1. The number of ether oxygens (including phenoxy) is 1. The molecular weight excluding hydrogens is 418 g/mol. The van der Waals surface area contributed by atoms with Crippen molar-refractivity contribution < 1.29 is 14.3 Å². The zero-order valence-electron chi connectivity index (χ0n) is 17.3. The first-order chi connectivity index (χ1) is 13.3. The van der Waals surface area contributed by atoms with E-state index in [4.69, 9.17) is 4.74 Å². The van der Waals surface area contributed by atoms with Gasteiger partial charge in [-0.1, -0.05) is 29.8 Å². The molecule has 0 aromatic rings. The molecule has 1 saturated heterocycles. The molecule has 1 amide bonds. The third kappa shape index (κ3) is 2.60. The van der Waals surface area contributed by atoms with Gasteiger partial charge >= 0.3 is 6.09 Å². The normalized spacial score (nSPS) is 50.3. The average Bonchev–Trinajstić information content (AvgIpc) is 3.13. The Morgan fingerprint density at radius 2 is 1.89 bits per heavy atom. The summed E-state index contributed by atoms with van der Waals surface area (Å²) in [5.41, 5.74) is 0.0799. The number of amides is 1. The molecule has 4 aliphatic carbocycles. The van der Waals surface area contributed by atoms with Crippen molar-refractivity contribution in [2.45, 2.75) is 77.2 Å². The van der Waals surface area contributed by atoms with Crippen molar-refractivity contribution in [2.24, 2.45) is 34.5 Å². The summed E-state index contributed by atoms with van der Waals surface area (Å²) < 4.78 is 6.01. The van der Waals surface area contributed by atoms with Crippen LogP contribution in [0.25, 0.3) is 0 Å². The molecule has 28 heavy (non-hydrogen) atoms. The monoisotopic (exact) mass is 451 g/mol. The quantitative estimate of drug-likeness (QED) is 0.542. The van der Waals surface area contributed by atoms with Gasteiger partial charge in [0, 0.05) is 23.7 Å². The maximum absolute atomic E-state index is 12.6. The Bertz CT molecular complexity index is 697. The van der Waals surface area contributed by atoms with Crippen molar-refractivity contribution in [1.82, 2.24) is 4.90 Å². The average molecular weight is 452 g/mol. The first-order valence-electron chi connectivity index (χ1n) is 11.4. The van der Waals surface area contributed by atoms with E-state index in [1.54, 1.807) is 0 Å². The molecule has 1 aliphatic heterocycles. The molecule has 5 heteroatoms. The summed E-state index contributed by atoms with van der Waals surface area (Å²) in [7, 11) is 0. The highest BCUT2D eigenvalue weighted by atomic mass is 79.9. The number of carbonyl (C=O) groups excluding carboxylic acids is 2. The van der Waals surface area contributed by atoms with Crippen molar-refractivity contribution in [3.63, 3.8) is 0 Å². The van der Waals surface area contributed by atoms with Crippen LogP contribution in [-0.2, 0) is 9.53 Å². The van der Waals surface area contributed by atoms with Crippen molar-refractivity contribution >= 4 is 27.8 Å². The number of hydrogen-bond acceptors (Lipinski definition) is 3. The lowest BCUT2D eigenvalue weighted by Gasteiger charge is -2.61. The van der Waals surface area contributed by atoms with E-state index in [0.717, 1.165) is 62.4 Å². The molecule has 1 spiro atoms. The molecule has 0 aromatic heterocycles. The Kier molecular flexibility index (Phi) is 4.47. The van der Waals surface area contributed by atoms with E-state index in [-0.39, 0.29) is 17.1 Å². The van der Waals surface area contributed by atoms with Gasteiger partial charge < -0.3 is 9.64 Å². The number of carbonyl (C=O) groups is 2. The van der Waals surface area contributed by atoms with Crippen LogP contribution in [0.1, 0.15) is 71.6 Å². The molecule has 156 valence electrons. The van der Waals surface area contributed by atoms with Gasteiger partial charge in [-0.2, -0.15) is 0 Å². The van der Waals surface area contributed by atoms with E-state index >= 15 is 0 Å². The highest BCUT2D eigenvalue weighted by Gasteiger charge is 2.62. The molecule has 5 fully saturated rings. The van der Waals surface area contributed by atoms with E-state index in [9.17, 15) is 9.59 Å². The summed E-state index contributed by atoms with van der Waals surface area (Å²) in [6.07, 6.45) is 9.88. The summed E-state index contributed by atoms with van der Waals surface area (Å²) in [6, 6.07) is 0. The number of Topliss-reactive ketones (excluding diaryl/α,β-unsaturated/α-hetero) is 1. The highest BCUT2D eigenvalue weighted by Crippen LogP contribution is 2.66. The lowest BCUT2D eigenvalue weighted by molar-refractivity contribution is -0.149. The summed E-state index contributed by atoms with van der Waals surface area (Å²) in [5, 5.41) is 0.807. The number of hydrogen-bond donors (Lipinski definition) is 0. The van der Waals surface area contributed by atoms with Crippen molar-refractivity contribution in [2.75, 3.05) is 18.4 Å². The predicted octanol–water partition coefficient (Wildman–Crippen LogP) is 5.18. The van der Waals surface area contributed by atoms with Crippen LogP contribution in [0.15, 0.2) is 0 Å². The zero-order chi connectivity index (χ0) is 19.7. The maximum Gasteiger partial charge on any atom is 0.410 e. The summed E-state index contributed by atoms with van der Waals surface area (Å²) in [4.78, 5) is 26.8. The SMILES string of the molecule is C[C@]12CC[C@@]3(C[C@@H]1CC[C@@H]1[C@@H]2CC[C@]2(C)C(=O)CC[C@@H]12)CN(CCBr)C(=O)O3. The third-order valence-electron chi connectivity index (χ3n) is 9.91. The first kappa shape index (κ1) is 19.4. The molecule has 1 heterocycles. The lowest BCUT2D eigenvalue weighted by Crippen LogP contribution is -2.56. The molecule has 4 saturated carbocycles. The zero-order valence-corrected chi connectivity index (χ0v) is 18.9. The molecule has 0 aromatic carbocycles. The van der Waals surface area contributed by atoms with Crippen LogP contribution in [0.5, 0.6) is 0 Å². The summed E-state index contributed by atoms with van der Waals surface area (Å²) in [6.45, 7) is 6.31. The van der Waals surface area contributed by atoms with E-state index < -0.39 is 0 Å². The Labute approximate surface area is 177 Å². The summed E-state index contributed by atoms with van der Waals surface area (Å²) >= 11 is 3.46. The second-order valence-electron chi connectivity index (χ2n) is 10.9. The minimum atomic E-state index is -0.247. The molecule has 0 radical (unpaired) electrons. The molecule has 5 rings (SSSR count). The van der Waals surface area contributed by atoms with Gasteiger partial charge in [-0.3, -0.25) is 4.79 Å². The van der Waals surface area contributed by atoms with E-state index in [0.29, 0.717) is 23.0 Å². The van der Waals surface area contributed by atoms with Crippen molar-refractivity contribution in [3.05, 3.63) is 0 Å². The Morgan fingerprint density at radius 3 is 2.68 bits per heavy atom. The fourth-order valence-corrected chi connectivity index (χ4v) is 8.71. The first-order valence-corrected chi connectivity index (χ1v) is 12.5. The van der Waals surface area contributed by atoms with Crippen LogP contribution in [0, 0.1) is 34.5 Å². The van der Waals surface area contributed by atoms with Crippen LogP contribution in [-0.4, -0.2) is 40.8 Å². The largest absolute Gasteiger partial charge is 0.441 e. The Morgan fingerprint density at radius 1 is 1.07 bits per heavy atom. The summed E-state index contributed by atoms with van der Waals surface area (Å²) in [5.74, 6) is 3.29. The maximum atomic E-state index is 12.6. The lowest BCUT2D eigenvalue weighted by atomic mass is 9.44. The van der Waals surface area contributed by atoms with Crippen LogP contribution < -0.4 is 0 Å². The van der Waals surface area contributed by atoms with Gasteiger partial charge in [0.25, 0.3) is 0 Å². The molecular formula is C23H34BrNO3. The van der Waals surface area contributed by atoms with Crippen LogP contribution in [0.4, 0.5) is 4.79 Å². The predicted molar refractivity (Wildman–Crippen MR) is 111 cm³/mol. The number of alkyl halides is 1. The van der Waals surface area contributed by atoms with E-state index in [1.807, 2.05) is 4.90 Å². The fourth-order valence-electron chi connectivity index (χ4n) is 8.28. The van der Waals surface area contributed by atoms with Gasteiger partial charge in [0.05, 0.1) is 6.54 Å². The molecule has 0 bridgehead atoms. The minimum absolute atomic E-state index is 0.0303. The van der Waals surface area contributed by atoms with Gasteiger partial charge in [-0.25, -0.2) is 4.79 Å². The highest BCUT2D eigenvalue weighted by molar-refractivity contribution is 9.09. The topological polar surface area (TPSA) is 46.6 Å². The Balaban J connectivity index is 1.36. The van der Waals surface area contributed by atoms with Gasteiger partial charge in [-0.15, -0.1) is 0 Å². The van der Waals surface area contributed by atoms with Crippen LogP contribution in [0.2, 0.25) is 0 Å². The van der Waals surface area contributed by atoms with Gasteiger partial charge in [0.15, 0.2) is 0 Å². The van der Waals surface area contributed by atoms with Gasteiger partial charge in [0.1, 0.15) is 11.4 Å². The van der Waals surface area contributed by atoms with Crippen LogP contribution >= 0.6 is 15.9 Å². The Hall–Kier alpha value is -0.580. The number of ketones is 1. The third-order valence-corrected chi connectivity index (χ3v) is 10.3. The molecule has 7 atom stereocenters. The second-order valence-corrected chi connectivity index (χ2v) is 11.7. The molecule has 5 aliphatic rings. The van der Waals surface area contributed by atoms with Crippen molar-refractivity contribution in [3.8, 4) is 0 Å². The number of rotatable bonds is 2. The minimum Gasteiger partial charge on any atom is -0.441 e. The number of fused-ring (bicyclic) bond motifs is 5. The molecule has 0 unspecified atom stereocenters. The van der Waals surface area contributed by atoms with Gasteiger partial charge in [0.2, 0.25) is 0 Å².